The van der Waals surface area contributed by atoms with E-state index in [4.69, 9.17) is 0 Å². The fraction of sp³-hybridized carbons (Fsp3) is 0.571. The van der Waals surface area contributed by atoms with Gasteiger partial charge in [-0.3, -0.25) is 0 Å². The van der Waals surface area contributed by atoms with Gasteiger partial charge in [0.1, 0.15) is 5.75 Å². The molecular weight excluding hydrogens is 293 g/mol. The zero-order valence-electron chi connectivity index (χ0n) is 11.2. The molecule has 0 aromatic heterocycles. The SMILES string of the molecule is FC(F)Oc1cccc(NC2CCC(C(F)(F)F)CC2)c1. The van der Waals surface area contributed by atoms with Crippen molar-refractivity contribution in [3.05, 3.63) is 24.3 Å². The van der Waals surface area contributed by atoms with Crippen LogP contribution in [-0.2, 0) is 0 Å². The highest BCUT2D eigenvalue weighted by atomic mass is 19.4. The second kappa shape index (κ2) is 6.49. The summed E-state index contributed by atoms with van der Waals surface area (Å²) in [5.41, 5.74) is 0.573. The van der Waals surface area contributed by atoms with Crippen LogP contribution in [0.15, 0.2) is 24.3 Å². The Morgan fingerprint density at radius 2 is 1.76 bits per heavy atom. The molecule has 1 saturated carbocycles. The van der Waals surface area contributed by atoms with Crippen LogP contribution >= 0.6 is 0 Å². The van der Waals surface area contributed by atoms with Gasteiger partial charge in [0.2, 0.25) is 0 Å². The largest absolute Gasteiger partial charge is 0.435 e. The van der Waals surface area contributed by atoms with Crippen LogP contribution in [0.4, 0.5) is 27.6 Å². The van der Waals surface area contributed by atoms with Crippen molar-refractivity contribution in [2.24, 2.45) is 5.92 Å². The molecular formula is C14H16F5NO. The van der Waals surface area contributed by atoms with Gasteiger partial charge in [-0.1, -0.05) is 6.07 Å². The van der Waals surface area contributed by atoms with Crippen LogP contribution < -0.4 is 10.1 Å². The van der Waals surface area contributed by atoms with Gasteiger partial charge in [-0.2, -0.15) is 22.0 Å². The van der Waals surface area contributed by atoms with Crippen molar-refractivity contribution in [1.82, 2.24) is 0 Å². The van der Waals surface area contributed by atoms with E-state index in [1.54, 1.807) is 12.1 Å². The third-order valence-electron chi connectivity index (χ3n) is 3.62. The Hall–Kier alpha value is -1.53. The van der Waals surface area contributed by atoms with Gasteiger partial charge >= 0.3 is 12.8 Å². The number of alkyl halides is 5. The Kier molecular flexibility index (Phi) is 4.90. The second-order valence-corrected chi connectivity index (χ2v) is 5.14. The van der Waals surface area contributed by atoms with E-state index in [9.17, 15) is 22.0 Å². The maximum Gasteiger partial charge on any atom is 0.391 e. The quantitative estimate of drug-likeness (QED) is 0.805. The molecule has 0 atom stereocenters. The normalized spacial score (nSPS) is 23.1. The monoisotopic (exact) mass is 309 g/mol. The summed E-state index contributed by atoms with van der Waals surface area (Å²) in [5.74, 6) is -1.21. The van der Waals surface area contributed by atoms with Crippen LogP contribution in [0, 0.1) is 5.92 Å². The van der Waals surface area contributed by atoms with E-state index in [0.29, 0.717) is 18.5 Å². The molecule has 1 fully saturated rings. The zero-order chi connectivity index (χ0) is 15.5. The molecule has 1 aromatic rings. The molecule has 2 nitrogen and oxygen atoms in total. The van der Waals surface area contributed by atoms with Gasteiger partial charge in [-0.05, 0) is 37.8 Å². The zero-order valence-corrected chi connectivity index (χ0v) is 11.2. The molecule has 2 rings (SSSR count). The number of nitrogens with one attached hydrogen (secondary N) is 1. The van der Waals surface area contributed by atoms with E-state index in [-0.39, 0.29) is 24.6 Å². The minimum Gasteiger partial charge on any atom is -0.435 e. The van der Waals surface area contributed by atoms with E-state index < -0.39 is 18.7 Å². The number of hydrogen-bond donors (Lipinski definition) is 1. The number of hydrogen-bond acceptors (Lipinski definition) is 2. The standard InChI is InChI=1S/C14H16F5NO/c15-13(16)21-12-3-1-2-11(8-12)20-10-6-4-9(5-7-10)14(17,18)19/h1-3,8-10,13,20H,4-7H2. The molecule has 0 unspecified atom stereocenters. The predicted molar refractivity (Wildman–Crippen MR) is 68.5 cm³/mol. The molecule has 0 heterocycles. The second-order valence-electron chi connectivity index (χ2n) is 5.14. The molecule has 1 aliphatic rings. The third-order valence-corrected chi connectivity index (χ3v) is 3.62. The summed E-state index contributed by atoms with van der Waals surface area (Å²) in [5, 5.41) is 3.07. The first kappa shape index (κ1) is 15.9. The summed E-state index contributed by atoms with van der Waals surface area (Å²) >= 11 is 0. The van der Waals surface area contributed by atoms with Gasteiger partial charge in [0.05, 0.1) is 5.92 Å². The highest BCUT2D eigenvalue weighted by Crippen LogP contribution is 2.38. The Morgan fingerprint density at radius 3 is 2.33 bits per heavy atom. The maximum absolute atomic E-state index is 12.6. The van der Waals surface area contributed by atoms with Crippen molar-refractivity contribution in [3.8, 4) is 5.75 Å². The van der Waals surface area contributed by atoms with E-state index >= 15 is 0 Å². The first-order valence-corrected chi connectivity index (χ1v) is 6.72. The van der Waals surface area contributed by atoms with Crippen molar-refractivity contribution in [2.45, 2.75) is 44.5 Å². The molecule has 21 heavy (non-hydrogen) atoms. The molecule has 0 bridgehead atoms. The molecule has 0 radical (unpaired) electrons. The van der Waals surface area contributed by atoms with Gasteiger partial charge in [-0.15, -0.1) is 0 Å². The van der Waals surface area contributed by atoms with Crippen molar-refractivity contribution >= 4 is 5.69 Å². The first-order valence-electron chi connectivity index (χ1n) is 6.72. The van der Waals surface area contributed by atoms with E-state index in [1.807, 2.05) is 0 Å². The number of benzene rings is 1. The summed E-state index contributed by atoms with van der Waals surface area (Å²) in [6, 6.07) is 5.97. The fourth-order valence-corrected chi connectivity index (χ4v) is 2.56. The van der Waals surface area contributed by atoms with Gasteiger partial charge in [0.15, 0.2) is 0 Å². The molecule has 0 amide bonds. The Balaban J connectivity index is 1.89. The van der Waals surface area contributed by atoms with Crippen LogP contribution in [0.3, 0.4) is 0 Å². The van der Waals surface area contributed by atoms with E-state index in [1.165, 1.54) is 12.1 Å². The lowest BCUT2D eigenvalue weighted by atomic mass is 9.85. The minimum atomic E-state index is -4.13. The number of ether oxygens (including phenoxy) is 1. The Bertz CT molecular complexity index is 455. The lowest BCUT2D eigenvalue weighted by Gasteiger charge is -2.30. The highest BCUT2D eigenvalue weighted by Gasteiger charge is 2.41. The maximum atomic E-state index is 12.6. The van der Waals surface area contributed by atoms with Crippen LogP contribution in [0.5, 0.6) is 5.75 Å². The van der Waals surface area contributed by atoms with Crippen molar-refractivity contribution in [3.63, 3.8) is 0 Å². The van der Waals surface area contributed by atoms with Crippen LogP contribution in [0.1, 0.15) is 25.7 Å². The van der Waals surface area contributed by atoms with Gasteiger partial charge in [0.25, 0.3) is 0 Å². The average Bonchev–Trinajstić information content (AvgIpc) is 2.38. The number of rotatable bonds is 4. The smallest absolute Gasteiger partial charge is 0.391 e. The molecule has 0 saturated heterocycles. The van der Waals surface area contributed by atoms with Crippen molar-refractivity contribution < 1.29 is 26.7 Å². The predicted octanol–water partition coefficient (Wildman–Crippen LogP) is 4.82. The minimum absolute atomic E-state index is 0.0268. The summed E-state index contributed by atoms with van der Waals surface area (Å²) in [6.45, 7) is -2.90. The van der Waals surface area contributed by atoms with Gasteiger partial charge in [0, 0.05) is 17.8 Å². The fourth-order valence-electron chi connectivity index (χ4n) is 2.56. The molecule has 7 heteroatoms. The molecule has 118 valence electrons. The molecule has 0 aliphatic heterocycles. The van der Waals surface area contributed by atoms with E-state index in [0.717, 1.165) is 0 Å². The number of halogens is 5. The summed E-state index contributed by atoms with van der Waals surface area (Å²) in [4.78, 5) is 0. The molecule has 1 aliphatic carbocycles. The highest BCUT2D eigenvalue weighted by molar-refractivity contribution is 5.48. The lowest BCUT2D eigenvalue weighted by molar-refractivity contribution is -0.182. The van der Waals surface area contributed by atoms with Crippen molar-refractivity contribution in [1.29, 1.82) is 0 Å². The summed E-state index contributed by atoms with van der Waals surface area (Å²) in [7, 11) is 0. The van der Waals surface area contributed by atoms with Crippen LogP contribution in [0.2, 0.25) is 0 Å². The van der Waals surface area contributed by atoms with Crippen LogP contribution in [-0.4, -0.2) is 18.8 Å². The lowest BCUT2D eigenvalue weighted by Crippen LogP contribution is -2.32. The Morgan fingerprint density at radius 1 is 1.10 bits per heavy atom. The average molecular weight is 309 g/mol. The molecule has 1 aromatic carbocycles. The third kappa shape index (κ3) is 4.75. The molecule has 0 spiro atoms. The summed E-state index contributed by atoms with van der Waals surface area (Å²) in [6.07, 6.45) is -3.13. The summed E-state index contributed by atoms with van der Waals surface area (Å²) < 4.78 is 66.2. The first-order chi connectivity index (χ1) is 9.84. The van der Waals surface area contributed by atoms with Crippen molar-refractivity contribution in [2.75, 3.05) is 5.32 Å². The topological polar surface area (TPSA) is 21.3 Å². The van der Waals surface area contributed by atoms with Crippen LogP contribution in [0.25, 0.3) is 0 Å². The Labute approximate surface area is 119 Å². The molecule has 1 N–H and O–H groups in total. The van der Waals surface area contributed by atoms with E-state index in [2.05, 4.69) is 10.1 Å². The van der Waals surface area contributed by atoms with Gasteiger partial charge in [-0.25, -0.2) is 0 Å². The number of anilines is 1. The van der Waals surface area contributed by atoms with Gasteiger partial charge < -0.3 is 10.1 Å².